The minimum Gasteiger partial charge on any atom is -0.380 e. The Bertz CT molecular complexity index is 317. The van der Waals surface area contributed by atoms with E-state index in [0.29, 0.717) is 0 Å². The second-order valence-corrected chi connectivity index (χ2v) is 4.57. The van der Waals surface area contributed by atoms with Crippen LogP contribution in [0.15, 0.2) is 24.3 Å². The molecule has 0 aliphatic rings. The molecular formula is C14H22ClNO. The van der Waals surface area contributed by atoms with Crippen molar-refractivity contribution in [1.82, 2.24) is 5.32 Å². The molecule has 0 spiro atoms. The Morgan fingerprint density at radius 2 is 2.06 bits per heavy atom. The van der Waals surface area contributed by atoms with E-state index in [2.05, 4.69) is 25.2 Å². The number of benzene rings is 1. The summed E-state index contributed by atoms with van der Waals surface area (Å²) in [5.74, 6) is 0. The molecule has 0 radical (unpaired) electrons. The van der Waals surface area contributed by atoms with E-state index in [0.717, 1.165) is 36.8 Å². The van der Waals surface area contributed by atoms with Gasteiger partial charge in [-0.05, 0) is 25.0 Å². The van der Waals surface area contributed by atoms with Gasteiger partial charge in [0, 0.05) is 24.2 Å². The molecule has 3 heteroatoms. The van der Waals surface area contributed by atoms with Gasteiger partial charge in [0.15, 0.2) is 0 Å². The fourth-order valence-corrected chi connectivity index (χ4v) is 1.93. The molecule has 0 unspecified atom stereocenters. The van der Waals surface area contributed by atoms with Crippen molar-refractivity contribution in [2.45, 2.75) is 32.7 Å². The minimum atomic E-state index is 0.262. The molecule has 0 saturated heterocycles. The molecule has 0 amide bonds. The smallest absolute Gasteiger partial charge is 0.0591 e. The summed E-state index contributed by atoms with van der Waals surface area (Å²) in [7, 11) is 0. The summed E-state index contributed by atoms with van der Waals surface area (Å²) in [5.41, 5.74) is 1.14. The molecule has 1 rings (SSSR count). The van der Waals surface area contributed by atoms with Gasteiger partial charge in [-0.1, -0.05) is 43.1 Å². The maximum atomic E-state index is 6.13. The summed E-state index contributed by atoms with van der Waals surface area (Å²) in [6.07, 6.45) is 2.32. The minimum absolute atomic E-state index is 0.262. The molecule has 0 aliphatic carbocycles. The second-order valence-electron chi connectivity index (χ2n) is 4.16. The molecule has 0 saturated carbocycles. The lowest BCUT2D eigenvalue weighted by Crippen LogP contribution is -2.23. The lowest BCUT2D eigenvalue weighted by Gasteiger charge is -2.15. The number of nitrogens with one attached hydrogen (secondary N) is 1. The first-order valence-electron chi connectivity index (χ1n) is 6.31. The molecule has 0 aromatic heterocycles. The van der Waals surface area contributed by atoms with Crippen LogP contribution in [0.4, 0.5) is 0 Å². The highest BCUT2D eigenvalue weighted by atomic mass is 35.5. The third kappa shape index (κ3) is 5.53. The van der Waals surface area contributed by atoms with Gasteiger partial charge in [-0.25, -0.2) is 0 Å². The summed E-state index contributed by atoms with van der Waals surface area (Å²) >= 11 is 6.13. The van der Waals surface area contributed by atoms with Gasteiger partial charge < -0.3 is 10.1 Å². The first-order valence-corrected chi connectivity index (χ1v) is 6.69. The monoisotopic (exact) mass is 255 g/mol. The molecule has 0 aliphatic heterocycles. The third-order valence-electron chi connectivity index (χ3n) is 2.71. The number of halogens is 1. The maximum Gasteiger partial charge on any atom is 0.0591 e. The van der Waals surface area contributed by atoms with Crippen molar-refractivity contribution < 1.29 is 4.74 Å². The SMILES string of the molecule is CCCCOCCN[C@@H](C)c1ccccc1Cl. The Balaban J connectivity index is 2.21. The van der Waals surface area contributed by atoms with E-state index >= 15 is 0 Å². The van der Waals surface area contributed by atoms with E-state index in [1.165, 1.54) is 6.42 Å². The average Bonchev–Trinajstić information content (AvgIpc) is 2.34. The van der Waals surface area contributed by atoms with E-state index in [9.17, 15) is 0 Å². The van der Waals surface area contributed by atoms with Gasteiger partial charge in [0.25, 0.3) is 0 Å². The zero-order chi connectivity index (χ0) is 12.5. The van der Waals surface area contributed by atoms with Crippen molar-refractivity contribution in [3.8, 4) is 0 Å². The van der Waals surface area contributed by atoms with Crippen LogP contribution in [-0.4, -0.2) is 19.8 Å². The summed E-state index contributed by atoms with van der Waals surface area (Å²) in [5, 5.41) is 4.23. The molecule has 0 fully saturated rings. The van der Waals surface area contributed by atoms with Crippen LogP contribution in [0.2, 0.25) is 5.02 Å². The highest BCUT2D eigenvalue weighted by Gasteiger charge is 2.07. The van der Waals surface area contributed by atoms with E-state index in [1.807, 2.05) is 18.2 Å². The van der Waals surface area contributed by atoms with Gasteiger partial charge in [-0.3, -0.25) is 0 Å². The van der Waals surface area contributed by atoms with Crippen LogP contribution in [-0.2, 0) is 4.74 Å². The number of hydrogen-bond donors (Lipinski definition) is 1. The van der Waals surface area contributed by atoms with Gasteiger partial charge in [0.05, 0.1) is 6.61 Å². The van der Waals surface area contributed by atoms with Crippen molar-refractivity contribution in [3.05, 3.63) is 34.9 Å². The van der Waals surface area contributed by atoms with Crippen LogP contribution in [0.3, 0.4) is 0 Å². The maximum absolute atomic E-state index is 6.13. The predicted molar refractivity (Wildman–Crippen MR) is 73.6 cm³/mol. The fourth-order valence-electron chi connectivity index (χ4n) is 1.63. The van der Waals surface area contributed by atoms with Gasteiger partial charge in [0.2, 0.25) is 0 Å². The van der Waals surface area contributed by atoms with E-state index in [-0.39, 0.29) is 6.04 Å². The number of ether oxygens (including phenoxy) is 1. The number of unbranched alkanes of at least 4 members (excludes halogenated alkanes) is 1. The molecule has 1 N–H and O–H groups in total. The van der Waals surface area contributed by atoms with Crippen LogP contribution in [0.1, 0.15) is 38.3 Å². The summed E-state index contributed by atoms with van der Waals surface area (Å²) in [6, 6.07) is 8.20. The highest BCUT2D eigenvalue weighted by molar-refractivity contribution is 6.31. The molecule has 96 valence electrons. The largest absolute Gasteiger partial charge is 0.380 e. The first-order chi connectivity index (χ1) is 8.25. The van der Waals surface area contributed by atoms with Crippen LogP contribution in [0.25, 0.3) is 0 Å². The zero-order valence-corrected chi connectivity index (χ0v) is 11.5. The summed E-state index contributed by atoms with van der Waals surface area (Å²) in [6.45, 7) is 6.76. The molecule has 17 heavy (non-hydrogen) atoms. The lowest BCUT2D eigenvalue weighted by molar-refractivity contribution is 0.131. The van der Waals surface area contributed by atoms with Gasteiger partial charge in [-0.15, -0.1) is 0 Å². The number of hydrogen-bond acceptors (Lipinski definition) is 2. The van der Waals surface area contributed by atoms with Gasteiger partial charge in [-0.2, -0.15) is 0 Å². The van der Waals surface area contributed by atoms with Crippen LogP contribution < -0.4 is 5.32 Å². The predicted octanol–water partition coefficient (Wildman–Crippen LogP) is 3.81. The normalized spacial score (nSPS) is 12.6. The number of rotatable bonds is 8. The molecule has 2 nitrogen and oxygen atoms in total. The highest BCUT2D eigenvalue weighted by Crippen LogP contribution is 2.21. The van der Waals surface area contributed by atoms with Crippen molar-refractivity contribution in [2.24, 2.45) is 0 Å². The zero-order valence-electron chi connectivity index (χ0n) is 10.7. The third-order valence-corrected chi connectivity index (χ3v) is 3.06. The average molecular weight is 256 g/mol. The standard InChI is InChI=1S/C14H22ClNO/c1-3-4-10-17-11-9-16-12(2)13-7-5-6-8-14(13)15/h5-8,12,16H,3-4,9-11H2,1-2H3/t12-/m0/s1. The topological polar surface area (TPSA) is 21.3 Å². The lowest BCUT2D eigenvalue weighted by atomic mass is 10.1. The van der Waals surface area contributed by atoms with Gasteiger partial charge >= 0.3 is 0 Å². The van der Waals surface area contributed by atoms with Crippen molar-refractivity contribution >= 4 is 11.6 Å². The summed E-state index contributed by atoms with van der Waals surface area (Å²) in [4.78, 5) is 0. The Hall–Kier alpha value is -0.570. The Labute approximate surface area is 109 Å². The molecule has 1 aromatic carbocycles. The van der Waals surface area contributed by atoms with E-state index in [4.69, 9.17) is 16.3 Å². The first kappa shape index (κ1) is 14.5. The van der Waals surface area contributed by atoms with E-state index < -0.39 is 0 Å². The molecule has 0 heterocycles. The van der Waals surface area contributed by atoms with E-state index in [1.54, 1.807) is 0 Å². The Morgan fingerprint density at radius 1 is 1.29 bits per heavy atom. The van der Waals surface area contributed by atoms with Crippen molar-refractivity contribution in [3.63, 3.8) is 0 Å². The Morgan fingerprint density at radius 3 is 2.76 bits per heavy atom. The van der Waals surface area contributed by atoms with Crippen LogP contribution in [0, 0.1) is 0 Å². The molecule has 1 atom stereocenters. The van der Waals surface area contributed by atoms with Crippen LogP contribution >= 0.6 is 11.6 Å². The van der Waals surface area contributed by atoms with Crippen LogP contribution in [0.5, 0.6) is 0 Å². The summed E-state index contributed by atoms with van der Waals surface area (Å²) < 4.78 is 5.50. The second kappa shape index (κ2) is 8.51. The van der Waals surface area contributed by atoms with Crippen molar-refractivity contribution in [1.29, 1.82) is 0 Å². The fraction of sp³-hybridized carbons (Fsp3) is 0.571. The quantitative estimate of drug-likeness (QED) is 0.714. The Kier molecular flexibility index (Phi) is 7.25. The van der Waals surface area contributed by atoms with Gasteiger partial charge in [0.1, 0.15) is 0 Å². The molecular weight excluding hydrogens is 234 g/mol. The van der Waals surface area contributed by atoms with Crippen molar-refractivity contribution in [2.75, 3.05) is 19.8 Å². The molecule has 0 bridgehead atoms. The molecule has 1 aromatic rings.